The maximum absolute atomic E-state index is 13.2. The van der Waals surface area contributed by atoms with Crippen molar-refractivity contribution >= 4 is 0 Å². The van der Waals surface area contributed by atoms with Crippen molar-refractivity contribution in [1.82, 2.24) is 5.06 Å². The summed E-state index contributed by atoms with van der Waals surface area (Å²) in [5.41, 5.74) is 4.87. The van der Waals surface area contributed by atoms with E-state index in [9.17, 15) is 8.78 Å². The van der Waals surface area contributed by atoms with Crippen LogP contribution in [-0.4, -0.2) is 35.7 Å². The van der Waals surface area contributed by atoms with Crippen molar-refractivity contribution in [3.05, 3.63) is 0 Å². The second-order valence-corrected chi connectivity index (χ2v) is 4.72. The first-order valence-corrected chi connectivity index (χ1v) is 4.78. The highest BCUT2D eigenvalue weighted by Crippen LogP contribution is 2.27. The van der Waals surface area contributed by atoms with Crippen LogP contribution in [0, 0.1) is 0 Å². The molecule has 14 heavy (non-hydrogen) atoms. The maximum atomic E-state index is 13.2. The molecule has 0 aliphatic carbocycles. The monoisotopic (exact) mass is 208 g/mol. The Morgan fingerprint density at radius 3 is 2.43 bits per heavy atom. The number of rotatable bonds is 1. The van der Waals surface area contributed by atoms with Gasteiger partial charge in [-0.3, -0.25) is 4.84 Å². The van der Waals surface area contributed by atoms with Crippen molar-refractivity contribution in [2.24, 2.45) is 5.73 Å². The van der Waals surface area contributed by atoms with E-state index >= 15 is 0 Å². The Labute approximate surface area is 83.2 Å². The van der Waals surface area contributed by atoms with Crippen molar-refractivity contribution in [2.45, 2.75) is 44.8 Å². The molecule has 0 aromatic heterocycles. The number of piperidine rings is 1. The topological polar surface area (TPSA) is 38.5 Å². The summed E-state index contributed by atoms with van der Waals surface area (Å²) < 4.78 is 26.4. The first kappa shape index (κ1) is 11.8. The predicted molar refractivity (Wildman–Crippen MR) is 50.0 cm³/mol. The zero-order valence-electron chi connectivity index (χ0n) is 8.89. The second kappa shape index (κ2) is 3.72. The van der Waals surface area contributed by atoms with Crippen molar-refractivity contribution < 1.29 is 13.6 Å². The third-order valence-electron chi connectivity index (χ3n) is 2.02. The lowest BCUT2D eigenvalue weighted by atomic mass is 10.0. The first-order valence-electron chi connectivity index (χ1n) is 4.78. The van der Waals surface area contributed by atoms with Gasteiger partial charge in [-0.15, -0.1) is 0 Å². The van der Waals surface area contributed by atoms with Gasteiger partial charge in [0.2, 0.25) is 0 Å². The molecule has 1 aliphatic rings. The molecule has 0 spiro atoms. The van der Waals surface area contributed by atoms with Gasteiger partial charge in [-0.25, -0.2) is 8.78 Å². The normalized spacial score (nSPS) is 29.1. The summed E-state index contributed by atoms with van der Waals surface area (Å²) in [4.78, 5) is 5.36. The van der Waals surface area contributed by atoms with Gasteiger partial charge >= 0.3 is 0 Å². The highest BCUT2D eigenvalue weighted by Gasteiger charge is 2.43. The Balaban J connectivity index is 2.52. The third-order valence-corrected chi connectivity index (χ3v) is 2.02. The van der Waals surface area contributed by atoms with E-state index in [2.05, 4.69) is 0 Å². The molecule has 0 aromatic carbocycles. The summed E-state index contributed by atoms with van der Waals surface area (Å²) in [7, 11) is 0. The Bertz CT molecular complexity index is 203. The summed E-state index contributed by atoms with van der Waals surface area (Å²) in [6.45, 7) is 5.55. The lowest BCUT2D eigenvalue weighted by molar-refractivity contribution is -0.270. The fraction of sp³-hybridized carbons (Fsp3) is 1.00. The summed E-state index contributed by atoms with van der Waals surface area (Å²) in [6.07, 6.45) is 0.267. The van der Waals surface area contributed by atoms with Crippen LogP contribution in [0.25, 0.3) is 0 Å². The molecule has 1 unspecified atom stereocenters. The zero-order chi connectivity index (χ0) is 11.0. The predicted octanol–water partition coefficient (Wildman–Crippen LogP) is 1.38. The second-order valence-electron chi connectivity index (χ2n) is 4.72. The van der Waals surface area contributed by atoms with Crippen LogP contribution in [0.5, 0.6) is 0 Å². The van der Waals surface area contributed by atoms with E-state index in [0.29, 0.717) is 6.54 Å². The molecule has 1 rings (SSSR count). The lowest BCUT2D eigenvalue weighted by Crippen LogP contribution is -2.56. The van der Waals surface area contributed by atoms with Gasteiger partial charge in [0.25, 0.3) is 5.92 Å². The van der Waals surface area contributed by atoms with E-state index in [1.165, 1.54) is 5.06 Å². The summed E-state index contributed by atoms with van der Waals surface area (Å²) in [6, 6.07) is -1.04. The molecule has 1 atom stereocenters. The molecule has 1 fully saturated rings. The van der Waals surface area contributed by atoms with Crippen LogP contribution in [0.3, 0.4) is 0 Å². The van der Waals surface area contributed by atoms with Crippen LogP contribution in [0.15, 0.2) is 0 Å². The minimum Gasteiger partial charge on any atom is -0.323 e. The number of hydrogen-bond donors (Lipinski definition) is 1. The smallest absolute Gasteiger partial charge is 0.277 e. The van der Waals surface area contributed by atoms with Gasteiger partial charge in [-0.05, 0) is 27.2 Å². The van der Waals surface area contributed by atoms with Crippen molar-refractivity contribution in [3.8, 4) is 0 Å². The number of hydroxylamine groups is 2. The highest BCUT2D eigenvalue weighted by atomic mass is 19.3. The fourth-order valence-corrected chi connectivity index (χ4v) is 1.39. The number of alkyl halides is 2. The molecule has 0 bridgehead atoms. The van der Waals surface area contributed by atoms with Gasteiger partial charge in [0.15, 0.2) is 0 Å². The molecule has 2 N–H and O–H groups in total. The van der Waals surface area contributed by atoms with Gasteiger partial charge in [0.05, 0.1) is 18.2 Å². The van der Waals surface area contributed by atoms with Crippen LogP contribution in [0.2, 0.25) is 0 Å². The van der Waals surface area contributed by atoms with Crippen LogP contribution in [-0.2, 0) is 4.84 Å². The molecule has 84 valence electrons. The minimum absolute atomic E-state index is 0.267. The Morgan fingerprint density at radius 2 is 2.00 bits per heavy atom. The van der Waals surface area contributed by atoms with E-state index < -0.39 is 24.1 Å². The van der Waals surface area contributed by atoms with Gasteiger partial charge in [-0.2, -0.15) is 5.06 Å². The molecule has 0 amide bonds. The molecule has 1 saturated heterocycles. The molecule has 0 saturated carbocycles. The van der Waals surface area contributed by atoms with Crippen LogP contribution < -0.4 is 5.73 Å². The van der Waals surface area contributed by atoms with Gasteiger partial charge < -0.3 is 5.73 Å². The Kier molecular flexibility index (Phi) is 3.13. The summed E-state index contributed by atoms with van der Waals surface area (Å²) in [5.74, 6) is -2.84. The molecular weight excluding hydrogens is 190 g/mol. The standard InChI is InChI=1S/C9H18F2N2O/c1-8(2,3)14-13-5-4-7(12)9(10,11)6-13/h7H,4-6,12H2,1-3H3. The van der Waals surface area contributed by atoms with Crippen molar-refractivity contribution in [1.29, 1.82) is 0 Å². The van der Waals surface area contributed by atoms with Gasteiger partial charge in [-0.1, -0.05) is 0 Å². The van der Waals surface area contributed by atoms with E-state index in [4.69, 9.17) is 10.6 Å². The molecule has 5 heteroatoms. The van der Waals surface area contributed by atoms with E-state index in [1.807, 2.05) is 20.8 Å². The molecule has 0 aromatic rings. The summed E-state index contributed by atoms with van der Waals surface area (Å²) >= 11 is 0. The van der Waals surface area contributed by atoms with Crippen LogP contribution in [0.4, 0.5) is 8.78 Å². The van der Waals surface area contributed by atoms with Crippen LogP contribution >= 0.6 is 0 Å². The minimum atomic E-state index is -2.84. The van der Waals surface area contributed by atoms with E-state index in [-0.39, 0.29) is 6.42 Å². The molecule has 3 nitrogen and oxygen atoms in total. The maximum Gasteiger partial charge on any atom is 0.277 e. The van der Waals surface area contributed by atoms with Crippen molar-refractivity contribution in [3.63, 3.8) is 0 Å². The van der Waals surface area contributed by atoms with Gasteiger partial charge in [0, 0.05) is 6.54 Å². The number of hydrogen-bond acceptors (Lipinski definition) is 3. The lowest BCUT2D eigenvalue weighted by Gasteiger charge is -2.38. The highest BCUT2D eigenvalue weighted by molar-refractivity contribution is 4.87. The summed E-state index contributed by atoms with van der Waals surface area (Å²) in [5, 5.41) is 1.31. The number of nitrogens with zero attached hydrogens (tertiary/aromatic N) is 1. The SMILES string of the molecule is CC(C)(C)ON1CCC(N)C(F)(F)C1. The van der Waals surface area contributed by atoms with E-state index in [0.717, 1.165) is 0 Å². The molecule has 1 aliphatic heterocycles. The first-order chi connectivity index (χ1) is 6.21. The average molecular weight is 208 g/mol. The van der Waals surface area contributed by atoms with Crippen molar-refractivity contribution in [2.75, 3.05) is 13.1 Å². The fourth-order valence-electron chi connectivity index (χ4n) is 1.39. The number of nitrogens with two attached hydrogens (primary N) is 1. The average Bonchev–Trinajstić information content (AvgIpc) is 1.93. The third kappa shape index (κ3) is 3.15. The van der Waals surface area contributed by atoms with Gasteiger partial charge in [0.1, 0.15) is 0 Å². The molecular formula is C9H18F2N2O. The zero-order valence-corrected chi connectivity index (χ0v) is 8.89. The quantitative estimate of drug-likeness (QED) is 0.707. The van der Waals surface area contributed by atoms with Crippen LogP contribution in [0.1, 0.15) is 27.2 Å². The molecule has 0 radical (unpaired) electrons. The Morgan fingerprint density at radius 1 is 1.43 bits per heavy atom. The Hall–Kier alpha value is -0.260. The number of halogens is 2. The largest absolute Gasteiger partial charge is 0.323 e. The molecule has 1 heterocycles. The van der Waals surface area contributed by atoms with E-state index in [1.54, 1.807) is 0 Å².